The minimum atomic E-state index is 0.898. The molecule has 3 rings (SSSR count). The van der Waals surface area contributed by atoms with E-state index >= 15 is 0 Å². The van der Waals surface area contributed by atoms with E-state index in [-0.39, 0.29) is 0 Å². The highest BCUT2D eigenvalue weighted by Gasteiger charge is 2.10. The average molecular weight is 270 g/mol. The van der Waals surface area contributed by atoms with Gasteiger partial charge in [0, 0.05) is 32.4 Å². The van der Waals surface area contributed by atoms with E-state index in [9.17, 15) is 0 Å². The molecule has 0 aliphatic carbocycles. The monoisotopic (exact) mass is 270 g/mol. The summed E-state index contributed by atoms with van der Waals surface area (Å²) in [5.41, 5.74) is 2.48. The molecule has 1 aliphatic heterocycles. The molecule has 0 atom stereocenters. The highest BCUT2D eigenvalue weighted by atomic mass is 15.2. The van der Waals surface area contributed by atoms with Crippen molar-refractivity contribution in [2.24, 2.45) is 0 Å². The zero-order valence-corrected chi connectivity index (χ0v) is 11.8. The van der Waals surface area contributed by atoms with Gasteiger partial charge in [-0.3, -0.25) is 4.90 Å². The van der Waals surface area contributed by atoms with Gasteiger partial charge in [0.25, 0.3) is 0 Å². The van der Waals surface area contributed by atoms with E-state index in [1.54, 1.807) is 0 Å². The fourth-order valence-corrected chi connectivity index (χ4v) is 2.66. The molecule has 2 aromatic rings. The maximum absolute atomic E-state index is 4.54. The second kappa shape index (κ2) is 6.68. The summed E-state index contributed by atoms with van der Waals surface area (Å²) in [6.45, 7) is 6.37. The van der Waals surface area contributed by atoms with Gasteiger partial charge in [0.15, 0.2) is 0 Å². The number of aromatic nitrogens is 2. The molecule has 1 aliphatic rings. The summed E-state index contributed by atoms with van der Waals surface area (Å²) in [7, 11) is 0. The molecule has 2 heterocycles. The third-order valence-electron chi connectivity index (χ3n) is 3.71. The van der Waals surface area contributed by atoms with E-state index in [0.29, 0.717) is 0 Å². The van der Waals surface area contributed by atoms with Gasteiger partial charge in [0.05, 0.1) is 12.0 Å². The molecule has 4 heteroatoms. The molecular weight excluding hydrogens is 248 g/mol. The van der Waals surface area contributed by atoms with Crippen LogP contribution < -0.4 is 5.32 Å². The maximum Gasteiger partial charge on any atom is 0.0953 e. The average Bonchev–Trinajstić information content (AvgIpc) is 2.74. The minimum absolute atomic E-state index is 0.898. The molecule has 0 bridgehead atoms. The molecule has 1 fully saturated rings. The summed E-state index contributed by atoms with van der Waals surface area (Å²) >= 11 is 0. The summed E-state index contributed by atoms with van der Waals surface area (Å²) in [5.74, 6) is 0. The predicted molar refractivity (Wildman–Crippen MR) is 80.5 cm³/mol. The van der Waals surface area contributed by atoms with Crippen molar-refractivity contribution in [2.75, 3.05) is 26.2 Å². The number of nitrogens with one attached hydrogen (secondary N) is 1. The Balaban J connectivity index is 1.59. The standard InChI is InChI=1S/C16H22N4/c1-2-5-15(6-3-1)11-20-13-16(18-14-20)12-19-9-4-7-17-8-10-19/h1-3,5-6,13-14,17H,4,7-12H2. The smallest absolute Gasteiger partial charge is 0.0953 e. The molecule has 0 spiro atoms. The second-order valence-electron chi connectivity index (χ2n) is 5.40. The first-order chi connectivity index (χ1) is 9.90. The van der Waals surface area contributed by atoms with Gasteiger partial charge in [0.2, 0.25) is 0 Å². The number of rotatable bonds is 4. The molecule has 1 aromatic carbocycles. The zero-order chi connectivity index (χ0) is 13.6. The Morgan fingerprint density at radius 3 is 2.85 bits per heavy atom. The largest absolute Gasteiger partial charge is 0.333 e. The van der Waals surface area contributed by atoms with Crippen LogP contribution in [0.1, 0.15) is 17.7 Å². The number of benzene rings is 1. The SMILES string of the molecule is c1ccc(Cn2cnc(CN3CCCNCC3)c2)cc1. The molecule has 0 unspecified atom stereocenters. The van der Waals surface area contributed by atoms with Crippen molar-refractivity contribution >= 4 is 0 Å². The van der Waals surface area contributed by atoms with Crippen LogP contribution >= 0.6 is 0 Å². The van der Waals surface area contributed by atoms with E-state index in [4.69, 9.17) is 0 Å². The Kier molecular flexibility index (Phi) is 4.46. The Labute approximate surface area is 120 Å². The molecule has 1 N–H and O–H groups in total. The van der Waals surface area contributed by atoms with Gasteiger partial charge in [-0.2, -0.15) is 0 Å². The number of imidazole rings is 1. The summed E-state index contributed by atoms with van der Waals surface area (Å²) < 4.78 is 2.17. The summed E-state index contributed by atoms with van der Waals surface area (Å²) in [4.78, 5) is 7.02. The lowest BCUT2D eigenvalue weighted by Crippen LogP contribution is -2.27. The Morgan fingerprint density at radius 1 is 1.05 bits per heavy atom. The third kappa shape index (κ3) is 3.68. The molecule has 20 heavy (non-hydrogen) atoms. The molecule has 0 saturated carbocycles. The quantitative estimate of drug-likeness (QED) is 0.918. The van der Waals surface area contributed by atoms with Crippen molar-refractivity contribution in [2.45, 2.75) is 19.5 Å². The van der Waals surface area contributed by atoms with Crippen LogP contribution in [0.2, 0.25) is 0 Å². The van der Waals surface area contributed by atoms with E-state index in [1.807, 2.05) is 6.33 Å². The number of hydrogen-bond acceptors (Lipinski definition) is 3. The lowest BCUT2D eigenvalue weighted by atomic mass is 10.2. The van der Waals surface area contributed by atoms with Gasteiger partial charge in [-0.15, -0.1) is 0 Å². The zero-order valence-electron chi connectivity index (χ0n) is 11.8. The van der Waals surface area contributed by atoms with Gasteiger partial charge in [-0.1, -0.05) is 30.3 Å². The first-order valence-corrected chi connectivity index (χ1v) is 7.38. The van der Waals surface area contributed by atoms with Crippen LogP contribution in [0.5, 0.6) is 0 Å². The molecular formula is C16H22N4. The highest BCUT2D eigenvalue weighted by molar-refractivity contribution is 5.15. The van der Waals surface area contributed by atoms with Crippen LogP contribution in [0.25, 0.3) is 0 Å². The lowest BCUT2D eigenvalue weighted by molar-refractivity contribution is 0.281. The Morgan fingerprint density at radius 2 is 1.95 bits per heavy atom. The molecule has 1 aromatic heterocycles. The third-order valence-corrected chi connectivity index (χ3v) is 3.71. The van der Waals surface area contributed by atoms with Gasteiger partial charge in [-0.25, -0.2) is 4.98 Å². The van der Waals surface area contributed by atoms with E-state index < -0.39 is 0 Å². The van der Waals surface area contributed by atoms with Crippen LogP contribution in [0.4, 0.5) is 0 Å². The molecule has 0 radical (unpaired) electrons. The number of nitrogens with zero attached hydrogens (tertiary/aromatic N) is 3. The van der Waals surface area contributed by atoms with Crippen molar-refractivity contribution in [1.82, 2.24) is 19.8 Å². The topological polar surface area (TPSA) is 33.1 Å². The molecule has 106 valence electrons. The van der Waals surface area contributed by atoms with Crippen molar-refractivity contribution in [3.05, 3.63) is 54.1 Å². The van der Waals surface area contributed by atoms with Crippen LogP contribution in [0.15, 0.2) is 42.9 Å². The van der Waals surface area contributed by atoms with Gasteiger partial charge >= 0.3 is 0 Å². The fourth-order valence-electron chi connectivity index (χ4n) is 2.66. The van der Waals surface area contributed by atoms with Gasteiger partial charge < -0.3 is 9.88 Å². The van der Waals surface area contributed by atoms with E-state index in [2.05, 4.69) is 56.3 Å². The van der Waals surface area contributed by atoms with Crippen molar-refractivity contribution in [1.29, 1.82) is 0 Å². The second-order valence-corrected chi connectivity index (χ2v) is 5.40. The van der Waals surface area contributed by atoms with E-state index in [1.165, 1.54) is 24.2 Å². The van der Waals surface area contributed by atoms with Crippen molar-refractivity contribution in [3.8, 4) is 0 Å². The minimum Gasteiger partial charge on any atom is -0.333 e. The number of hydrogen-bond donors (Lipinski definition) is 1. The van der Waals surface area contributed by atoms with Crippen LogP contribution in [-0.2, 0) is 13.1 Å². The van der Waals surface area contributed by atoms with Gasteiger partial charge in [-0.05, 0) is 25.1 Å². The molecule has 4 nitrogen and oxygen atoms in total. The first kappa shape index (κ1) is 13.3. The molecule has 0 amide bonds. The lowest BCUT2D eigenvalue weighted by Gasteiger charge is -2.17. The van der Waals surface area contributed by atoms with Crippen LogP contribution in [0, 0.1) is 0 Å². The Hall–Kier alpha value is -1.65. The maximum atomic E-state index is 4.54. The van der Waals surface area contributed by atoms with Crippen LogP contribution in [0.3, 0.4) is 0 Å². The summed E-state index contributed by atoms with van der Waals surface area (Å²) in [5, 5.41) is 3.43. The van der Waals surface area contributed by atoms with Crippen molar-refractivity contribution in [3.63, 3.8) is 0 Å². The fraction of sp³-hybridized carbons (Fsp3) is 0.438. The van der Waals surface area contributed by atoms with Gasteiger partial charge in [0.1, 0.15) is 0 Å². The predicted octanol–water partition coefficient (Wildman–Crippen LogP) is 1.73. The normalized spacial score (nSPS) is 17.0. The molecule has 1 saturated heterocycles. The van der Waals surface area contributed by atoms with Crippen molar-refractivity contribution < 1.29 is 0 Å². The summed E-state index contributed by atoms with van der Waals surface area (Å²) in [6, 6.07) is 10.5. The van der Waals surface area contributed by atoms with Crippen LogP contribution in [-0.4, -0.2) is 40.6 Å². The highest BCUT2D eigenvalue weighted by Crippen LogP contribution is 2.07. The Bertz CT molecular complexity index is 512. The summed E-state index contributed by atoms with van der Waals surface area (Å²) in [6.07, 6.45) is 5.34. The van der Waals surface area contributed by atoms with E-state index in [0.717, 1.165) is 32.7 Å². The first-order valence-electron chi connectivity index (χ1n) is 7.38.